The smallest absolute Gasteiger partial charge is 0.257 e. The van der Waals surface area contributed by atoms with E-state index in [-0.39, 0.29) is 11.5 Å². The molecular formula is C18H16Cl2N4O2. The number of halogens is 2. The Morgan fingerprint density at radius 3 is 2.88 bits per heavy atom. The number of aromatic nitrogens is 2. The monoisotopic (exact) mass is 390 g/mol. The summed E-state index contributed by atoms with van der Waals surface area (Å²) in [7, 11) is 0. The summed E-state index contributed by atoms with van der Waals surface area (Å²) in [6, 6.07) is 9.22. The van der Waals surface area contributed by atoms with Crippen molar-refractivity contribution in [3.63, 3.8) is 0 Å². The summed E-state index contributed by atoms with van der Waals surface area (Å²) in [6.45, 7) is 1.90. The molecule has 0 radical (unpaired) electrons. The molecule has 0 bridgehead atoms. The number of anilines is 1. The number of furan rings is 1. The third-order valence-electron chi connectivity index (χ3n) is 4.41. The molecule has 0 spiro atoms. The summed E-state index contributed by atoms with van der Waals surface area (Å²) in [6.07, 6.45) is 0.684. The zero-order valence-electron chi connectivity index (χ0n) is 13.8. The van der Waals surface area contributed by atoms with Crippen LogP contribution in [0.3, 0.4) is 0 Å². The van der Waals surface area contributed by atoms with Gasteiger partial charge in [0.05, 0.1) is 27.8 Å². The second-order valence-corrected chi connectivity index (χ2v) is 7.05. The molecule has 0 fully saturated rings. The minimum absolute atomic E-state index is 0.166. The molecule has 0 aliphatic carbocycles. The van der Waals surface area contributed by atoms with E-state index in [1.165, 1.54) is 0 Å². The average Bonchev–Trinajstić information content (AvgIpc) is 3.06. The van der Waals surface area contributed by atoms with Gasteiger partial charge >= 0.3 is 0 Å². The van der Waals surface area contributed by atoms with Gasteiger partial charge in [-0.15, -0.1) is 0 Å². The van der Waals surface area contributed by atoms with E-state index in [0.717, 1.165) is 29.3 Å². The molecule has 0 saturated carbocycles. The molecule has 26 heavy (non-hydrogen) atoms. The Labute approximate surface area is 159 Å². The van der Waals surface area contributed by atoms with Gasteiger partial charge in [-0.05, 0) is 30.3 Å². The molecule has 0 unspecified atom stereocenters. The molecule has 1 aliphatic heterocycles. The van der Waals surface area contributed by atoms with Gasteiger partial charge in [0.1, 0.15) is 11.5 Å². The van der Waals surface area contributed by atoms with E-state index >= 15 is 0 Å². The molecule has 3 aromatic rings. The predicted molar refractivity (Wildman–Crippen MR) is 101 cm³/mol. The normalized spacial score (nSPS) is 14.4. The molecule has 2 aromatic heterocycles. The first-order valence-electron chi connectivity index (χ1n) is 8.13. The lowest BCUT2D eigenvalue weighted by atomic mass is 10.1. The van der Waals surface area contributed by atoms with E-state index < -0.39 is 0 Å². The van der Waals surface area contributed by atoms with Crippen LogP contribution in [0.15, 0.2) is 39.5 Å². The van der Waals surface area contributed by atoms with Crippen LogP contribution in [0.1, 0.15) is 17.0 Å². The van der Waals surface area contributed by atoms with Crippen LogP contribution in [-0.2, 0) is 19.5 Å². The van der Waals surface area contributed by atoms with E-state index in [0.29, 0.717) is 35.1 Å². The van der Waals surface area contributed by atoms with Crippen molar-refractivity contribution >= 4 is 29.2 Å². The summed E-state index contributed by atoms with van der Waals surface area (Å²) < 4.78 is 5.94. The lowest BCUT2D eigenvalue weighted by molar-refractivity contribution is 0.223. The number of H-pyrrole nitrogens is 1. The fourth-order valence-electron chi connectivity index (χ4n) is 3.12. The Morgan fingerprint density at radius 2 is 2.08 bits per heavy atom. The van der Waals surface area contributed by atoms with Gasteiger partial charge in [-0.3, -0.25) is 14.7 Å². The largest absolute Gasteiger partial charge is 0.460 e. The van der Waals surface area contributed by atoms with Crippen LogP contribution >= 0.6 is 23.2 Å². The van der Waals surface area contributed by atoms with Gasteiger partial charge in [0, 0.05) is 25.1 Å². The maximum absolute atomic E-state index is 12.1. The van der Waals surface area contributed by atoms with E-state index in [9.17, 15) is 4.79 Å². The minimum atomic E-state index is -0.173. The van der Waals surface area contributed by atoms with E-state index in [4.69, 9.17) is 33.4 Å². The van der Waals surface area contributed by atoms with E-state index in [2.05, 4.69) is 14.9 Å². The van der Waals surface area contributed by atoms with Crippen LogP contribution in [0, 0.1) is 0 Å². The molecular weight excluding hydrogens is 375 g/mol. The van der Waals surface area contributed by atoms with Crippen molar-refractivity contribution in [2.24, 2.45) is 0 Å². The average molecular weight is 391 g/mol. The highest BCUT2D eigenvalue weighted by molar-refractivity contribution is 6.42. The Bertz CT molecular complexity index is 1030. The molecule has 1 aliphatic rings. The Morgan fingerprint density at radius 1 is 1.23 bits per heavy atom. The minimum Gasteiger partial charge on any atom is -0.460 e. The maximum atomic E-state index is 12.1. The zero-order chi connectivity index (χ0) is 18.3. The quantitative estimate of drug-likeness (QED) is 0.714. The van der Waals surface area contributed by atoms with Gasteiger partial charge in [-0.1, -0.05) is 23.2 Å². The van der Waals surface area contributed by atoms with Crippen LogP contribution in [0.2, 0.25) is 10.0 Å². The second-order valence-electron chi connectivity index (χ2n) is 6.23. The third-order valence-corrected chi connectivity index (χ3v) is 5.15. The fraction of sp³-hybridized carbons (Fsp3) is 0.222. The van der Waals surface area contributed by atoms with Crippen LogP contribution in [0.4, 0.5) is 5.95 Å². The summed E-state index contributed by atoms with van der Waals surface area (Å²) in [4.78, 5) is 21.0. The van der Waals surface area contributed by atoms with Crippen LogP contribution < -0.4 is 11.3 Å². The number of hydrogen-bond donors (Lipinski definition) is 2. The summed E-state index contributed by atoms with van der Waals surface area (Å²) >= 11 is 12.0. The molecule has 0 saturated heterocycles. The molecule has 8 heteroatoms. The van der Waals surface area contributed by atoms with Gasteiger partial charge < -0.3 is 10.2 Å². The number of nitrogen functional groups attached to an aromatic ring is 1. The molecule has 6 nitrogen and oxygen atoms in total. The van der Waals surface area contributed by atoms with Crippen molar-refractivity contribution in [1.29, 1.82) is 0 Å². The number of nitrogens with zero attached hydrogens (tertiary/aromatic N) is 2. The number of hydrogen-bond acceptors (Lipinski definition) is 5. The molecule has 3 N–H and O–H groups in total. The van der Waals surface area contributed by atoms with Gasteiger partial charge in [-0.2, -0.15) is 0 Å². The standard InChI is InChI=1S/C18H16Cl2N4O2/c19-13-3-1-10(7-14(13)20)16-4-2-11(26-16)8-24-6-5-15-12(9-24)17(25)23-18(21)22-15/h1-4,7H,5-6,8-9H2,(H3,21,22,23,25). The summed E-state index contributed by atoms with van der Waals surface area (Å²) in [5.41, 5.74) is 7.74. The van der Waals surface area contributed by atoms with Crippen molar-refractivity contribution in [1.82, 2.24) is 14.9 Å². The topological polar surface area (TPSA) is 88.1 Å². The van der Waals surface area contributed by atoms with Crippen LogP contribution in [-0.4, -0.2) is 21.4 Å². The lowest BCUT2D eigenvalue weighted by Crippen LogP contribution is -2.35. The Kier molecular flexibility index (Phi) is 4.48. The van der Waals surface area contributed by atoms with Crippen molar-refractivity contribution < 1.29 is 4.42 Å². The molecule has 0 atom stereocenters. The SMILES string of the molecule is Nc1nc2c(c(=O)[nH]1)CN(Cc1ccc(-c3ccc(Cl)c(Cl)c3)o1)CC2. The number of nitrogens with two attached hydrogens (primary N) is 1. The number of rotatable bonds is 3. The number of aromatic amines is 1. The van der Waals surface area contributed by atoms with Crippen molar-refractivity contribution in [3.05, 3.63) is 67.7 Å². The highest BCUT2D eigenvalue weighted by Gasteiger charge is 2.21. The molecule has 0 amide bonds. The van der Waals surface area contributed by atoms with E-state index in [1.54, 1.807) is 12.1 Å². The first-order valence-corrected chi connectivity index (χ1v) is 8.89. The fourth-order valence-corrected chi connectivity index (χ4v) is 3.42. The van der Waals surface area contributed by atoms with Crippen molar-refractivity contribution in [3.8, 4) is 11.3 Å². The Balaban J connectivity index is 1.51. The van der Waals surface area contributed by atoms with Gasteiger partial charge in [-0.25, -0.2) is 4.98 Å². The molecule has 134 valence electrons. The van der Waals surface area contributed by atoms with Crippen LogP contribution in [0.5, 0.6) is 0 Å². The molecule has 4 rings (SSSR count). The zero-order valence-corrected chi connectivity index (χ0v) is 15.3. The van der Waals surface area contributed by atoms with Gasteiger partial charge in [0.2, 0.25) is 5.95 Å². The van der Waals surface area contributed by atoms with Crippen LogP contribution in [0.25, 0.3) is 11.3 Å². The van der Waals surface area contributed by atoms with Gasteiger partial charge in [0.15, 0.2) is 0 Å². The maximum Gasteiger partial charge on any atom is 0.257 e. The second kappa shape index (κ2) is 6.79. The van der Waals surface area contributed by atoms with E-state index in [1.807, 2.05) is 18.2 Å². The number of nitrogens with one attached hydrogen (secondary N) is 1. The number of benzene rings is 1. The molecule has 3 heterocycles. The Hall–Kier alpha value is -2.28. The summed E-state index contributed by atoms with van der Waals surface area (Å²) in [5.74, 6) is 1.71. The van der Waals surface area contributed by atoms with Crippen molar-refractivity contribution in [2.45, 2.75) is 19.5 Å². The number of fused-ring (bicyclic) bond motifs is 1. The molecule has 1 aromatic carbocycles. The first kappa shape index (κ1) is 17.1. The predicted octanol–water partition coefficient (Wildman–Crippen LogP) is 3.48. The third kappa shape index (κ3) is 3.35. The van der Waals surface area contributed by atoms with Crippen molar-refractivity contribution in [2.75, 3.05) is 12.3 Å². The lowest BCUT2D eigenvalue weighted by Gasteiger charge is -2.26. The highest BCUT2D eigenvalue weighted by atomic mass is 35.5. The summed E-state index contributed by atoms with van der Waals surface area (Å²) in [5, 5.41) is 0.995. The highest BCUT2D eigenvalue weighted by Crippen LogP contribution is 2.30. The van der Waals surface area contributed by atoms with Gasteiger partial charge in [0.25, 0.3) is 5.56 Å². The first-order chi connectivity index (χ1) is 12.5.